The third-order valence-electron chi connectivity index (χ3n) is 5.44. The number of aliphatic carboxylic acids is 1. The van der Waals surface area contributed by atoms with E-state index in [1.54, 1.807) is 0 Å². The quantitative estimate of drug-likeness (QED) is 0.715. The Morgan fingerprint density at radius 2 is 1.61 bits per heavy atom. The zero-order valence-electron chi connectivity index (χ0n) is 15.5. The normalized spacial score (nSPS) is 19.3. The van der Waals surface area contributed by atoms with Crippen LogP contribution in [0.2, 0.25) is 0 Å². The predicted molar refractivity (Wildman–Crippen MR) is 108 cm³/mol. The lowest BCUT2D eigenvalue weighted by Gasteiger charge is -2.27. The number of para-hydroxylation sites is 1. The summed E-state index contributed by atoms with van der Waals surface area (Å²) in [4.78, 5) is 28.9. The van der Waals surface area contributed by atoms with E-state index in [-0.39, 0.29) is 17.9 Å². The molecule has 0 saturated heterocycles. The largest absolute Gasteiger partial charge is 0.481 e. The molecule has 1 saturated carbocycles. The number of carbonyl (C=O) groups excluding carboxylic acids is 1. The second-order valence-electron chi connectivity index (χ2n) is 7.30. The highest BCUT2D eigenvalue weighted by molar-refractivity contribution is 6.07. The van der Waals surface area contributed by atoms with E-state index in [1.165, 1.54) is 0 Å². The second kappa shape index (κ2) is 7.80. The van der Waals surface area contributed by atoms with Crippen molar-refractivity contribution >= 4 is 22.8 Å². The van der Waals surface area contributed by atoms with Crippen molar-refractivity contribution in [2.24, 2.45) is 5.92 Å². The van der Waals surface area contributed by atoms with Gasteiger partial charge in [0.25, 0.3) is 5.91 Å². The molecule has 1 aromatic heterocycles. The number of pyridine rings is 1. The molecule has 1 fully saturated rings. The molecule has 0 unspecified atom stereocenters. The van der Waals surface area contributed by atoms with Gasteiger partial charge in [0.2, 0.25) is 0 Å². The molecule has 0 atom stereocenters. The maximum absolute atomic E-state index is 13.1. The number of benzene rings is 2. The molecule has 28 heavy (non-hydrogen) atoms. The van der Waals surface area contributed by atoms with Crippen molar-refractivity contribution in [1.29, 1.82) is 0 Å². The van der Waals surface area contributed by atoms with Gasteiger partial charge in [-0.3, -0.25) is 9.59 Å². The lowest BCUT2D eigenvalue weighted by atomic mass is 9.86. The summed E-state index contributed by atoms with van der Waals surface area (Å²) in [6.45, 7) is 0. The minimum absolute atomic E-state index is 0.00945. The minimum Gasteiger partial charge on any atom is -0.481 e. The fourth-order valence-corrected chi connectivity index (χ4v) is 3.87. The molecular weight excluding hydrogens is 352 g/mol. The van der Waals surface area contributed by atoms with Gasteiger partial charge in [0.15, 0.2) is 0 Å². The van der Waals surface area contributed by atoms with E-state index < -0.39 is 5.97 Å². The highest BCUT2D eigenvalue weighted by atomic mass is 16.4. The lowest BCUT2D eigenvalue weighted by molar-refractivity contribution is -0.142. The Morgan fingerprint density at radius 3 is 2.32 bits per heavy atom. The molecule has 1 heterocycles. The zero-order chi connectivity index (χ0) is 19.5. The maximum Gasteiger partial charge on any atom is 0.306 e. The number of carboxylic acids is 1. The van der Waals surface area contributed by atoms with Crippen LogP contribution in [0, 0.1) is 5.92 Å². The molecular formula is C23H22N2O3. The number of carbonyl (C=O) groups is 2. The van der Waals surface area contributed by atoms with Gasteiger partial charge in [-0.2, -0.15) is 0 Å². The van der Waals surface area contributed by atoms with E-state index in [0.717, 1.165) is 22.2 Å². The number of aromatic nitrogens is 1. The number of hydrogen-bond acceptors (Lipinski definition) is 3. The Labute approximate surface area is 163 Å². The molecule has 4 rings (SSSR count). The summed E-state index contributed by atoms with van der Waals surface area (Å²) < 4.78 is 0. The van der Waals surface area contributed by atoms with E-state index in [4.69, 9.17) is 10.1 Å². The van der Waals surface area contributed by atoms with Gasteiger partial charge in [0, 0.05) is 17.0 Å². The SMILES string of the molecule is O=C(NC1CCC(C(=O)O)CC1)c1cc(-c2ccccc2)nc2ccccc12. The molecule has 0 spiro atoms. The van der Waals surface area contributed by atoms with Gasteiger partial charge in [-0.15, -0.1) is 0 Å². The summed E-state index contributed by atoms with van der Waals surface area (Å²) in [6, 6.07) is 19.3. The summed E-state index contributed by atoms with van der Waals surface area (Å²) in [5, 5.41) is 13.1. The van der Waals surface area contributed by atoms with Crippen LogP contribution < -0.4 is 5.32 Å². The van der Waals surface area contributed by atoms with Crippen LogP contribution in [-0.2, 0) is 4.79 Å². The highest BCUT2D eigenvalue weighted by Crippen LogP contribution is 2.27. The van der Waals surface area contributed by atoms with Gasteiger partial charge in [0.05, 0.1) is 22.7 Å². The summed E-state index contributed by atoms with van der Waals surface area (Å²) in [6.07, 6.45) is 2.59. The van der Waals surface area contributed by atoms with Crippen molar-refractivity contribution in [2.45, 2.75) is 31.7 Å². The molecule has 0 radical (unpaired) electrons. The Bertz CT molecular complexity index is 1010. The molecule has 1 amide bonds. The summed E-state index contributed by atoms with van der Waals surface area (Å²) in [5.41, 5.74) is 3.11. The van der Waals surface area contributed by atoms with Crippen molar-refractivity contribution in [2.75, 3.05) is 0 Å². The topological polar surface area (TPSA) is 79.3 Å². The molecule has 5 heteroatoms. The molecule has 5 nitrogen and oxygen atoms in total. The standard InChI is InChI=1S/C23H22N2O3/c26-22(24-17-12-10-16(11-13-17)23(27)28)19-14-21(15-6-2-1-3-7-15)25-20-9-5-4-8-18(19)20/h1-9,14,16-17H,10-13H2,(H,24,26)(H,27,28). The van der Waals surface area contributed by atoms with Crippen LogP contribution in [0.4, 0.5) is 0 Å². The van der Waals surface area contributed by atoms with E-state index in [1.807, 2.05) is 60.7 Å². The van der Waals surface area contributed by atoms with Crippen LogP contribution in [0.5, 0.6) is 0 Å². The molecule has 0 bridgehead atoms. The summed E-state index contributed by atoms with van der Waals surface area (Å²) in [7, 11) is 0. The van der Waals surface area contributed by atoms with E-state index in [2.05, 4.69) is 5.32 Å². The van der Waals surface area contributed by atoms with E-state index >= 15 is 0 Å². The third-order valence-corrected chi connectivity index (χ3v) is 5.44. The average Bonchev–Trinajstić information content (AvgIpc) is 2.74. The number of hydrogen-bond donors (Lipinski definition) is 2. The molecule has 1 aliphatic carbocycles. The Kier molecular flexibility index (Phi) is 5.06. The monoisotopic (exact) mass is 374 g/mol. The smallest absolute Gasteiger partial charge is 0.306 e. The van der Waals surface area contributed by atoms with Crippen LogP contribution in [0.25, 0.3) is 22.2 Å². The summed E-state index contributed by atoms with van der Waals surface area (Å²) in [5.74, 6) is -1.16. The molecule has 0 aliphatic heterocycles. The van der Waals surface area contributed by atoms with Gasteiger partial charge in [0.1, 0.15) is 0 Å². The second-order valence-corrected chi connectivity index (χ2v) is 7.30. The number of carboxylic acid groups (broad SMARTS) is 1. The van der Waals surface area contributed by atoms with Crippen LogP contribution in [-0.4, -0.2) is 28.0 Å². The van der Waals surface area contributed by atoms with Crippen LogP contribution >= 0.6 is 0 Å². The Morgan fingerprint density at radius 1 is 0.929 bits per heavy atom. The summed E-state index contributed by atoms with van der Waals surface area (Å²) >= 11 is 0. The molecule has 2 aromatic carbocycles. The van der Waals surface area contributed by atoms with Crippen molar-refractivity contribution in [3.8, 4) is 11.3 Å². The van der Waals surface area contributed by atoms with Gasteiger partial charge >= 0.3 is 5.97 Å². The Hall–Kier alpha value is -3.21. The van der Waals surface area contributed by atoms with Crippen molar-refractivity contribution in [1.82, 2.24) is 10.3 Å². The average molecular weight is 374 g/mol. The maximum atomic E-state index is 13.1. The number of fused-ring (bicyclic) bond motifs is 1. The van der Waals surface area contributed by atoms with Gasteiger partial charge < -0.3 is 10.4 Å². The predicted octanol–water partition coefficient (Wildman–Crippen LogP) is 4.28. The van der Waals surface area contributed by atoms with Crippen molar-refractivity contribution < 1.29 is 14.7 Å². The van der Waals surface area contributed by atoms with Crippen LogP contribution in [0.15, 0.2) is 60.7 Å². The minimum atomic E-state index is -0.739. The van der Waals surface area contributed by atoms with Crippen molar-refractivity contribution in [3.63, 3.8) is 0 Å². The van der Waals surface area contributed by atoms with Gasteiger partial charge in [-0.05, 0) is 37.8 Å². The van der Waals surface area contributed by atoms with E-state index in [0.29, 0.717) is 31.2 Å². The molecule has 3 aromatic rings. The first-order valence-corrected chi connectivity index (χ1v) is 9.60. The number of amides is 1. The number of nitrogens with one attached hydrogen (secondary N) is 1. The van der Waals surface area contributed by atoms with Gasteiger partial charge in [-0.1, -0.05) is 48.5 Å². The third kappa shape index (κ3) is 3.74. The van der Waals surface area contributed by atoms with Gasteiger partial charge in [-0.25, -0.2) is 4.98 Å². The Balaban J connectivity index is 1.62. The highest BCUT2D eigenvalue weighted by Gasteiger charge is 2.27. The first-order chi connectivity index (χ1) is 13.6. The van der Waals surface area contributed by atoms with Crippen LogP contribution in [0.3, 0.4) is 0 Å². The fourth-order valence-electron chi connectivity index (χ4n) is 3.87. The molecule has 1 aliphatic rings. The lowest BCUT2D eigenvalue weighted by Crippen LogP contribution is -2.38. The first kappa shape index (κ1) is 18.2. The fraction of sp³-hybridized carbons (Fsp3) is 0.261. The zero-order valence-corrected chi connectivity index (χ0v) is 15.5. The molecule has 142 valence electrons. The number of rotatable bonds is 4. The first-order valence-electron chi connectivity index (χ1n) is 9.60. The molecule has 2 N–H and O–H groups in total. The van der Waals surface area contributed by atoms with Crippen molar-refractivity contribution in [3.05, 3.63) is 66.2 Å². The van der Waals surface area contributed by atoms with E-state index in [9.17, 15) is 9.59 Å². The number of nitrogens with zero attached hydrogens (tertiary/aromatic N) is 1. The van der Waals surface area contributed by atoms with Crippen LogP contribution in [0.1, 0.15) is 36.0 Å².